The topological polar surface area (TPSA) is 50.2 Å². The molecule has 0 saturated heterocycles. The number of hydrogen-bond acceptors (Lipinski definition) is 2. The van der Waals surface area contributed by atoms with Crippen molar-refractivity contribution in [2.45, 2.75) is 12.8 Å². The third kappa shape index (κ3) is 2.63. The Labute approximate surface area is 83.3 Å². The molecular weight excluding hydrogens is 216 g/mol. The summed E-state index contributed by atoms with van der Waals surface area (Å²) in [5.41, 5.74) is -0.324. The predicted octanol–water partition coefficient (Wildman–Crippen LogP) is 2.30. The molecule has 1 N–H and O–H groups in total. The first-order valence-corrected chi connectivity index (χ1v) is 4.02. The van der Waals surface area contributed by atoms with Crippen LogP contribution in [0.2, 0.25) is 5.02 Å². The van der Waals surface area contributed by atoms with Gasteiger partial charge in [-0.3, -0.25) is 9.78 Å². The molecule has 14 heavy (non-hydrogen) atoms. The maximum absolute atomic E-state index is 12.2. The van der Waals surface area contributed by atoms with Crippen LogP contribution in [-0.4, -0.2) is 16.1 Å². The van der Waals surface area contributed by atoms with Gasteiger partial charge < -0.3 is 5.11 Å². The van der Waals surface area contributed by atoms with Gasteiger partial charge in [-0.15, -0.1) is 0 Å². The van der Waals surface area contributed by atoms with Crippen LogP contribution in [0.4, 0.5) is 8.78 Å². The van der Waals surface area contributed by atoms with Crippen LogP contribution in [0, 0.1) is 0 Å². The Morgan fingerprint density at radius 2 is 2.29 bits per heavy atom. The Kier molecular flexibility index (Phi) is 3.35. The standard InChI is InChI=1S/C8H6ClF2NO2/c9-5-3-12-6(8(10)11)1-4(5)2-7(13)14/h1,3,8H,2H2,(H,13,14). The van der Waals surface area contributed by atoms with Gasteiger partial charge in [-0.05, 0) is 11.6 Å². The van der Waals surface area contributed by atoms with Gasteiger partial charge in [0.15, 0.2) is 0 Å². The molecule has 0 aliphatic rings. The quantitative estimate of drug-likeness (QED) is 0.852. The van der Waals surface area contributed by atoms with Crippen molar-refractivity contribution >= 4 is 17.6 Å². The number of pyridine rings is 1. The number of rotatable bonds is 3. The third-order valence-corrected chi connectivity index (χ3v) is 1.86. The predicted molar refractivity (Wildman–Crippen MR) is 45.5 cm³/mol. The molecule has 0 aromatic carbocycles. The van der Waals surface area contributed by atoms with Crippen LogP contribution in [0.3, 0.4) is 0 Å². The lowest BCUT2D eigenvalue weighted by atomic mass is 10.1. The molecule has 0 saturated carbocycles. The Bertz CT molecular complexity index is 357. The molecule has 0 atom stereocenters. The summed E-state index contributed by atoms with van der Waals surface area (Å²) in [6.45, 7) is 0. The van der Waals surface area contributed by atoms with E-state index in [0.29, 0.717) is 0 Å². The van der Waals surface area contributed by atoms with Crippen molar-refractivity contribution < 1.29 is 18.7 Å². The molecule has 0 spiro atoms. The summed E-state index contributed by atoms with van der Waals surface area (Å²) in [5.74, 6) is -1.13. The number of aromatic nitrogens is 1. The number of hydrogen-bond donors (Lipinski definition) is 1. The highest BCUT2D eigenvalue weighted by Gasteiger charge is 2.13. The summed E-state index contributed by atoms with van der Waals surface area (Å²) in [5, 5.41) is 8.53. The average Bonchev–Trinajstić information content (AvgIpc) is 2.07. The monoisotopic (exact) mass is 221 g/mol. The van der Waals surface area contributed by atoms with E-state index >= 15 is 0 Å². The lowest BCUT2D eigenvalue weighted by molar-refractivity contribution is -0.136. The van der Waals surface area contributed by atoms with Crippen molar-refractivity contribution in [3.8, 4) is 0 Å². The number of carboxylic acids is 1. The zero-order chi connectivity index (χ0) is 10.7. The van der Waals surface area contributed by atoms with Gasteiger partial charge in [0.2, 0.25) is 0 Å². The largest absolute Gasteiger partial charge is 0.481 e. The van der Waals surface area contributed by atoms with Crippen LogP contribution in [0.1, 0.15) is 17.7 Å². The molecule has 1 heterocycles. The van der Waals surface area contributed by atoms with E-state index in [2.05, 4.69) is 4.98 Å². The van der Waals surface area contributed by atoms with Crippen LogP contribution in [0.15, 0.2) is 12.3 Å². The highest BCUT2D eigenvalue weighted by molar-refractivity contribution is 6.31. The Morgan fingerprint density at radius 1 is 1.64 bits per heavy atom. The fraction of sp³-hybridized carbons (Fsp3) is 0.250. The Hall–Kier alpha value is -1.23. The maximum Gasteiger partial charge on any atom is 0.307 e. The number of carbonyl (C=O) groups is 1. The molecule has 0 radical (unpaired) electrons. The minimum Gasteiger partial charge on any atom is -0.481 e. The smallest absolute Gasteiger partial charge is 0.307 e. The zero-order valence-electron chi connectivity index (χ0n) is 6.88. The number of halogens is 3. The van der Waals surface area contributed by atoms with Crippen LogP contribution >= 0.6 is 11.6 Å². The Balaban J connectivity index is 3.02. The zero-order valence-corrected chi connectivity index (χ0v) is 7.63. The molecule has 6 heteroatoms. The molecule has 0 fully saturated rings. The van der Waals surface area contributed by atoms with E-state index in [0.717, 1.165) is 12.3 Å². The number of nitrogens with zero attached hydrogens (tertiary/aromatic N) is 1. The normalized spacial score (nSPS) is 10.6. The summed E-state index contributed by atoms with van der Waals surface area (Å²) in [4.78, 5) is 13.7. The van der Waals surface area contributed by atoms with Crippen molar-refractivity contribution in [2.24, 2.45) is 0 Å². The first-order valence-electron chi connectivity index (χ1n) is 3.65. The van der Waals surface area contributed by atoms with Crippen LogP contribution in [0.5, 0.6) is 0 Å². The van der Waals surface area contributed by atoms with E-state index in [4.69, 9.17) is 16.7 Å². The van der Waals surface area contributed by atoms with E-state index in [1.807, 2.05) is 0 Å². The summed E-state index contributed by atoms with van der Waals surface area (Å²) < 4.78 is 24.3. The van der Waals surface area contributed by atoms with Crippen LogP contribution < -0.4 is 0 Å². The number of aliphatic carboxylic acids is 1. The molecular formula is C8H6ClF2NO2. The van der Waals surface area contributed by atoms with Crippen LogP contribution in [-0.2, 0) is 11.2 Å². The van der Waals surface area contributed by atoms with E-state index in [9.17, 15) is 13.6 Å². The fourth-order valence-electron chi connectivity index (χ4n) is 0.917. The van der Waals surface area contributed by atoms with Crippen molar-refractivity contribution in [3.05, 3.63) is 28.5 Å². The maximum atomic E-state index is 12.2. The summed E-state index contributed by atoms with van der Waals surface area (Å²) in [7, 11) is 0. The van der Waals surface area contributed by atoms with E-state index < -0.39 is 18.1 Å². The molecule has 1 rings (SSSR count). The molecule has 0 amide bonds. The first kappa shape index (κ1) is 10.8. The van der Waals surface area contributed by atoms with Crippen molar-refractivity contribution in [2.75, 3.05) is 0 Å². The third-order valence-electron chi connectivity index (χ3n) is 1.52. The fourth-order valence-corrected chi connectivity index (χ4v) is 1.09. The molecule has 0 bridgehead atoms. The second-order valence-electron chi connectivity index (χ2n) is 2.57. The van der Waals surface area contributed by atoms with Gasteiger partial charge >= 0.3 is 5.97 Å². The lowest BCUT2D eigenvalue weighted by Crippen LogP contribution is -2.02. The minimum absolute atomic E-state index is 0.0804. The van der Waals surface area contributed by atoms with Crippen molar-refractivity contribution in [1.82, 2.24) is 4.98 Å². The molecule has 0 aliphatic heterocycles. The van der Waals surface area contributed by atoms with Crippen molar-refractivity contribution in [3.63, 3.8) is 0 Å². The molecule has 1 aromatic heterocycles. The van der Waals surface area contributed by atoms with Gasteiger partial charge in [-0.2, -0.15) is 0 Å². The van der Waals surface area contributed by atoms with E-state index in [1.165, 1.54) is 0 Å². The summed E-state index contributed by atoms with van der Waals surface area (Å²) >= 11 is 5.57. The number of carboxylic acid groups (broad SMARTS) is 1. The second-order valence-corrected chi connectivity index (χ2v) is 2.98. The molecule has 3 nitrogen and oxygen atoms in total. The summed E-state index contributed by atoms with van der Waals surface area (Å²) in [6, 6.07) is 1.00. The molecule has 0 unspecified atom stereocenters. The average molecular weight is 222 g/mol. The molecule has 1 aromatic rings. The first-order chi connectivity index (χ1) is 6.50. The second kappa shape index (κ2) is 4.32. The Morgan fingerprint density at radius 3 is 2.79 bits per heavy atom. The number of alkyl halides is 2. The van der Waals surface area contributed by atoms with Gasteiger partial charge in [-0.1, -0.05) is 11.6 Å². The van der Waals surface area contributed by atoms with Crippen LogP contribution in [0.25, 0.3) is 0 Å². The lowest BCUT2D eigenvalue weighted by Gasteiger charge is -2.03. The van der Waals surface area contributed by atoms with Gasteiger partial charge in [0.25, 0.3) is 6.43 Å². The highest BCUT2D eigenvalue weighted by atomic mass is 35.5. The SMILES string of the molecule is O=C(O)Cc1cc(C(F)F)ncc1Cl. The van der Waals surface area contributed by atoms with Gasteiger partial charge in [0, 0.05) is 6.20 Å². The van der Waals surface area contributed by atoms with Gasteiger partial charge in [-0.25, -0.2) is 8.78 Å². The minimum atomic E-state index is -2.72. The van der Waals surface area contributed by atoms with Crippen molar-refractivity contribution in [1.29, 1.82) is 0 Å². The van der Waals surface area contributed by atoms with E-state index in [1.54, 1.807) is 0 Å². The highest BCUT2D eigenvalue weighted by Crippen LogP contribution is 2.22. The molecule has 0 aliphatic carbocycles. The summed E-state index contributed by atoms with van der Waals surface area (Å²) in [6.07, 6.45) is -2.08. The van der Waals surface area contributed by atoms with Gasteiger partial charge in [0.1, 0.15) is 5.69 Å². The van der Waals surface area contributed by atoms with Gasteiger partial charge in [0.05, 0.1) is 11.4 Å². The molecule has 76 valence electrons. The van der Waals surface area contributed by atoms with E-state index in [-0.39, 0.29) is 17.0 Å².